The van der Waals surface area contributed by atoms with Crippen molar-refractivity contribution in [3.63, 3.8) is 0 Å². The summed E-state index contributed by atoms with van der Waals surface area (Å²) in [5, 5.41) is 3.61. The highest BCUT2D eigenvalue weighted by Crippen LogP contribution is 2.40. The molecule has 3 heterocycles. The van der Waals surface area contributed by atoms with E-state index >= 15 is 0 Å². The number of likely N-dealkylation sites (tertiary alicyclic amines) is 1. The molecule has 0 saturated carbocycles. The van der Waals surface area contributed by atoms with E-state index in [1.807, 2.05) is 0 Å². The fourth-order valence-corrected chi connectivity index (χ4v) is 4.05. The zero-order chi connectivity index (χ0) is 23.1. The molecule has 2 aromatic heterocycles. The lowest BCUT2D eigenvalue weighted by atomic mass is 10.2. The molecule has 2 aromatic rings. The minimum Gasteiger partial charge on any atom is -0.469 e. The fourth-order valence-electron chi connectivity index (χ4n) is 3.03. The number of carbonyl (C=O) groups excluding carboxylic acids is 2. The van der Waals surface area contributed by atoms with Crippen LogP contribution in [0, 0.1) is 0 Å². The van der Waals surface area contributed by atoms with E-state index in [-0.39, 0.29) is 28.9 Å². The number of ether oxygens (including phenoxy) is 2. The van der Waals surface area contributed by atoms with Crippen LogP contribution in [0.1, 0.15) is 36.7 Å². The van der Waals surface area contributed by atoms with Gasteiger partial charge in [0.15, 0.2) is 12.3 Å². The number of hydrogen-bond donors (Lipinski definition) is 1. The van der Waals surface area contributed by atoms with Crippen LogP contribution in [0.3, 0.4) is 0 Å². The largest absolute Gasteiger partial charge is 0.469 e. The van der Waals surface area contributed by atoms with Crippen molar-refractivity contribution in [1.82, 2.24) is 15.2 Å². The first-order chi connectivity index (χ1) is 14.3. The molecule has 2 amide bonds. The number of hydrogen-bond acceptors (Lipinski definition) is 6. The topological polar surface area (TPSA) is 80.8 Å². The Morgan fingerprint density at radius 2 is 1.94 bits per heavy atom. The number of pyridine rings is 1. The normalized spacial score (nSPS) is 19.5. The molecule has 0 spiro atoms. The highest BCUT2D eigenvalue weighted by atomic mass is 32.1. The quantitative estimate of drug-likeness (QED) is 0.696. The number of fused-ring (bicyclic) bond motifs is 1. The van der Waals surface area contributed by atoms with Gasteiger partial charge in [-0.25, -0.2) is 14.2 Å². The Morgan fingerprint density at radius 3 is 2.52 bits per heavy atom. The zero-order valence-electron chi connectivity index (χ0n) is 17.2. The first kappa shape index (κ1) is 23.0. The van der Waals surface area contributed by atoms with Crippen molar-refractivity contribution >= 4 is 33.6 Å². The van der Waals surface area contributed by atoms with E-state index < -0.39 is 47.5 Å². The van der Waals surface area contributed by atoms with Gasteiger partial charge in [-0.3, -0.25) is 4.79 Å². The summed E-state index contributed by atoms with van der Waals surface area (Å²) in [6.45, 7) is 4.43. The lowest BCUT2D eigenvalue weighted by Gasteiger charge is -2.24. The van der Waals surface area contributed by atoms with Gasteiger partial charge in [0.05, 0.1) is 34.4 Å². The van der Waals surface area contributed by atoms with E-state index in [9.17, 15) is 27.2 Å². The summed E-state index contributed by atoms with van der Waals surface area (Å²) in [6.07, 6.45) is -8.38. The zero-order valence-corrected chi connectivity index (χ0v) is 18.0. The molecule has 0 aromatic carbocycles. The predicted octanol–water partition coefficient (Wildman–Crippen LogP) is 4.01. The van der Waals surface area contributed by atoms with Gasteiger partial charge in [-0.1, -0.05) is 0 Å². The molecule has 0 aliphatic carbocycles. The summed E-state index contributed by atoms with van der Waals surface area (Å²) in [4.78, 5) is 29.3. The van der Waals surface area contributed by atoms with Gasteiger partial charge in [0.25, 0.3) is 5.91 Å². The molecule has 0 radical (unpaired) electrons. The average Bonchev–Trinajstić information content (AvgIpc) is 3.22. The molecule has 7 nitrogen and oxygen atoms in total. The Hall–Kier alpha value is -2.63. The second-order valence-corrected chi connectivity index (χ2v) is 8.85. The molecule has 12 heteroatoms. The van der Waals surface area contributed by atoms with Crippen LogP contribution in [0.15, 0.2) is 11.4 Å². The molecular weight excluding hydrogens is 442 g/mol. The van der Waals surface area contributed by atoms with Gasteiger partial charge >= 0.3 is 12.3 Å². The third-order valence-electron chi connectivity index (χ3n) is 4.40. The van der Waals surface area contributed by atoms with Gasteiger partial charge < -0.3 is 19.7 Å². The highest BCUT2D eigenvalue weighted by Gasteiger charge is 2.40. The second-order valence-electron chi connectivity index (χ2n) is 7.97. The summed E-state index contributed by atoms with van der Waals surface area (Å²) in [5.41, 5.74) is -2.06. The SMILES string of the molecule is CNC(=O)c1csc2c(C(F)(F)F)cc(O[C@H]3CN(C(=O)OC(C)(C)C)C[C@H]3F)nc12. The van der Waals surface area contributed by atoms with Crippen LogP contribution in [0.2, 0.25) is 0 Å². The Morgan fingerprint density at radius 1 is 1.26 bits per heavy atom. The molecule has 1 N–H and O–H groups in total. The van der Waals surface area contributed by atoms with E-state index in [0.717, 1.165) is 16.2 Å². The van der Waals surface area contributed by atoms with Crippen LogP contribution in [0.5, 0.6) is 5.88 Å². The Bertz CT molecular complexity index is 1000. The number of thiophene rings is 1. The number of amides is 2. The second kappa shape index (κ2) is 8.13. The minimum absolute atomic E-state index is 0.0444. The number of nitrogens with zero attached hydrogens (tertiary/aromatic N) is 2. The van der Waals surface area contributed by atoms with E-state index in [1.54, 1.807) is 20.8 Å². The number of halogens is 4. The van der Waals surface area contributed by atoms with Crippen LogP contribution in [-0.4, -0.2) is 59.9 Å². The van der Waals surface area contributed by atoms with Gasteiger partial charge in [0.2, 0.25) is 5.88 Å². The van der Waals surface area contributed by atoms with Crippen LogP contribution in [0.4, 0.5) is 22.4 Å². The van der Waals surface area contributed by atoms with Crippen LogP contribution in [0.25, 0.3) is 10.2 Å². The molecule has 3 rings (SSSR count). The molecule has 1 saturated heterocycles. The number of aromatic nitrogens is 1. The molecule has 0 unspecified atom stereocenters. The fraction of sp³-hybridized carbons (Fsp3) is 0.526. The number of carbonyl (C=O) groups is 2. The summed E-state index contributed by atoms with van der Waals surface area (Å²) in [5.74, 6) is -1.09. The standard InChI is InChI=1S/C19H21F4N3O4S/c1-18(2,3)30-17(28)26-6-11(20)12(7-26)29-13-5-10(19(21,22)23)15-14(25-13)9(8-31-15)16(27)24-4/h5,8,11-12H,6-7H2,1-4H3,(H,24,27)/t11-,12+/m1/s1. The van der Waals surface area contributed by atoms with Crippen molar-refractivity contribution in [2.75, 3.05) is 20.1 Å². The molecule has 0 bridgehead atoms. The van der Waals surface area contributed by atoms with Gasteiger partial charge in [0, 0.05) is 18.5 Å². The average molecular weight is 463 g/mol. The van der Waals surface area contributed by atoms with Gasteiger partial charge in [0.1, 0.15) is 5.60 Å². The monoisotopic (exact) mass is 463 g/mol. The van der Waals surface area contributed by atoms with Crippen LogP contribution >= 0.6 is 11.3 Å². The number of alkyl halides is 4. The van der Waals surface area contributed by atoms with Crippen molar-refractivity contribution in [2.24, 2.45) is 0 Å². The molecule has 1 aliphatic heterocycles. The van der Waals surface area contributed by atoms with E-state index in [1.165, 1.54) is 12.4 Å². The van der Waals surface area contributed by atoms with Crippen molar-refractivity contribution in [3.05, 3.63) is 22.6 Å². The summed E-state index contributed by atoms with van der Waals surface area (Å²) in [7, 11) is 1.34. The summed E-state index contributed by atoms with van der Waals surface area (Å²) in [6, 6.07) is 0.676. The first-order valence-corrected chi connectivity index (χ1v) is 10.2. The summed E-state index contributed by atoms with van der Waals surface area (Å²) >= 11 is 0.730. The third-order valence-corrected chi connectivity index (χ3v) is 5.40. The Balaban J connectivity index is 1.91. The van der Waals surface area contributed by atoms with E-state index in [2.05, 4.69) is 10.3 Å². The lowest BCUT2D eigenvalue weighted by molar-refractivity contribution is -0.136. The van der Waals surface area contributed by atoms with Crippen molar-refractivity contribution in [2.45, 2.75) is 44.8 Å². The van der Waals surface area contributed by atoms with E-state index in [0.29, 0.717) is 6.07 Å². The van der Waals surface area contributed by atoms with E-state index in [4.69, 9.17) is 9.47 Å². The van der Waals surface area contributed by atoms with Crippen molar-refractivity contribution < 1.29 is 36.6 Å². The molecule has 1 fully saturated rings. The van der Waals surface area contributed by atoms with Gasteiger partial charge in [-0.2, -0.15) is 13.2 Å². The Kier molecular flexibility index (Phi) is 6.05. The first-order valence-electron chi connectivity index (χ1n) is 9.30. The van der Waals surface area contributed by atoms with Crippen molar-refractivity contribution in [3.8, 4) is 5.88 Å². The maximum Gasteiger partial charge on any atom is 0.418 e. The Labute approximate surface area is 179 Å². The number of rotatable bonds is 3. The molecule has 31 heavy (non-hydrogen) atoms. The smallest absolute Gasteiger partial charge is 0.418 e. The molecule has 170 valence electrons. The molecular formula is C19H21F4N3O4S. The minimum atomic E-state index is -4.74. The van der Waals surface area contributed by atoms with Crippen LogP contribution in [-0.2, 0) is 10.9 Å². The maximum absolute atomic E-state index is 14.5. The third kappa shape index (κ3) is 5.00. The maximum atomic E-state index is 14.5. The molecule has 1 aliphatic rings. The molecule has 2 atom stereocenters. The number of nitrogens with one attached hydrogen (secondary N) is 1. The summed E-state index contributed by atoms with van der Waals surface area (Å²) < 4.78 is 65.6. The lowest BCUT2D eigenvalue weighted by Crippen LogP contribution is -2.36. The van der Waals surface area contributed by atoms with Gasteiger partial charge in [-0.05, 0) is 20.8 Å². The van der Waals surface area contributed by atoms with Gasteiger partial charge in [-0.15, -0.1) is 11.3 Å². The van der Waals surface area contributed by atoms with Crippen molar-refractivity contribution in [1.29, 1.82) is 0 Å². The predicted molar refractivity (Wildman–Crippen MR) is 105 cm³/mol. The highest BCUT2D eigenvalue weighted by molar-refractivity contribution is 7.17. The van der Waals surface area contributed by atoms with Crippen LogP contribution < -0.4 is 10.1 Å².